The zero-order valence-electron chi connectivity index (χ0n) is 9.56. The molecule has 3 nitrogen and oxygen atoms in total. The minimum Gasteiger partial charge on any atom is -0.497 e. The molecule has 0 unspecified atom stereocenters. The zero-order chi connectivity index (χ0) is 12.4. The molecule has 0 saturated carbocycles. The van der Waals surface area contributed by atoms with E-state index in [0.717, 1.165) is 16.0 Å². The maximum Gasteiger partial charge on any atom is 0.335 e. The Morgan fingerprint density at radius 2 is 2.12 bits per heavy atom. The van der Waals surface area contributed by atoms with Crippen LogP contribution in [0.2, 0.25) is 0 Å². The van der Waals surface area contributed by atoms with E-state index in [2.05, 4.69) is 0 Å². The van der Waals surface area contributed by atoms with Crippen molar-refractivity contribution in [3.8, 4) is 16.9 Å². The third-order valence-corrected chi connectivity index (χ3v) is 3.40. The van der Waals surface area contributed by atoms with E-state index >= 15 is 0 Å². The molecule has 0 saturated heterocycles. The number of benzene rings is 1. The first-order chi connectivity index (χ1) is 8.11. The molecule has 17 heavy (non-hydrogen) atoms. The summed E-state index contributed by atoms with van der Waals surface area (Å²) in [5.41, 5.74) is 2.17. The fourth-order valence-corrected chi connectivity index (χ4v) is 2.40. The number of hydrogen-bond acceptors (Lipinski definition) is 3. The van der Waals surface area contributed by atoms with E-state index in [1.807, 2.05) is 24.4 Å². The molecule has 0 fully saturated rings. The number of carboxylic acids is 1. The summed E-state index contributed by atoms with van der Waals surface area (Å²) in [6, 6.07) is 7.02. The van der Waals surface area contributed by atoms with Gasteiger partial charge in [-0.2, -0.15) is 0 Å². The normalized spacial score (nSPS) is 10.2. The summed E-state index contributed by atoms with van der Waals surface area (Å²) >= 11 is 1.64. The second kappa shape index (κ2) is 4.59. The topological polar surface area (TPSA) is 46.5 Å². The van der Waals surface area contributed by atoms with Crippen molar-refractivity contribution in [3.63, 3.8) is 0 Å². The number of thiophene rings is 1. The van der Waals surface area contributed by atoms with Gasteiger partial charge < -0.3 is 9.84 Å². The zero-order valence-corrected chi connectivity index (χ0v) is 10.4. The molecular weight excluding hydrogens is 236 g/mol. The van der Waals surface area contributed by atoms with Crippen LogP contribution in [0.25, 0.3) is 11.1 Å². The molecule has 1 aromatic heterocycles. The SMILES string of the molecule is COc1cc(C(=O)O)cc(-c2ccsc2C)c1. The summed E-state index contributed by atoms with van der Waals surface area (Å²) in [6.07, 6.45) is 0. The number of carboxylic acid groups (broad SMARTS) is 1. The Bertz CT molecular complexity index is 558. The lowest BCUT2D eigenvalue weighted by Gasteiger charge is -2.06. The van der Waals surface area contributed by atoms with Crippen LogP contribution >= 0.6 is 11.3 Å². The Balaban J connectivity index is 2.58. The van der Waals surface area contributed by atoms with Gasteiger partial charge >= 0.3 is 5.97 Å². The van der Waals surface area contributed by atoms with E-state index in [1.54, 1.807) is 17.4 Å². The van der Waals surface area contributed by atoms with Gasteiger partial charge in [-0.25, -0.2) is 4.79 Å². The lowest BCUT2D eigenvalue weighted by Crippen LogP contribution is -1.97. The molecule has 1 aromatic carbocycles. The molecule has 0 bridgehead atoms. The van der Waals surface area contributed by atoms with E-state index < -0.39 is 5.97 Å². The molecule has 2 rings (SSSR count). The minimum absolute atomic E-state index is 0.241. The van der Waals surface area contributed by atoms with Gasteiger partial charge in [0.05, 0.1) is 12.7 Å². The smallest absolute Gasteiger partial charge is 0.335 e. The molecule has 1 heterocycles. The summed E-state index contributed by atoms with van der Waals surface area (Å²) < 4.78 is 5.12. The van der Waals surface area contributed by atoms with Crippen molar-refractivity contribution in [1.82, 2.24) is 0 Å². The highest BCUT2D eigenvalue weighted by molar-refractivity contribution is 7.10. The van der Waals surface area contributed by atoms with Crippen molar-refractivity contribution in [1.29, 1.82) is 0 Å². The molecule has 0 amide bonds. The van der Waals surface area contributed by atoms with Gasteiger partial charge in [-0.1, -0.05) is 0 Å². The monoisotopic (exact) mass is 248 g/mol. The van der Waals surface area contributed by atoms with Crippen molar-refractivity contribution < 1.29 is 14.6 Å². The van der Waals surface area contributed by atoms with Crippen LogP contribution in [-0.4, -0.2) is 18.2 Å². The molecular formula is C13H12O3S. The quantitative estimate of drug-likeness (QED) is 0.905. The van der Waals surface area contributed by atoms with E-state index in [4.69, 9.17) is 9.84 Å². The highest BCUT2D eigenvalue weighted by Crippen LogP contribution is 2.31. The predicted molar refractivity (Wildman–Crippen MR) is 68.0 cm³/mol. The molecule has 0 aliphatic carbocycles. The highest BCUT2D eigenvalue weighted by atomic mass is 32.1. The summed E-state index contributed by atoms with van der Waals surface area (Å²) in [5.74, 6) is -0.386. The first kappa shape index (κ1) is 11.7. The van der Waals surface area contributed by atoms with Crippen molar-refractivity contribution >= 4 is 17.3 Å². The summed E-state index contributed by atoms with van der Waals surface area (Å²) in [5, 5.41) is 11.0. The average molecular weight is 248 g/mol. The van der Waals surface area contributed by atoms with Gasteiger partial charge in [-0.05, 0) is 47.7 Å². The Hall–Kier alpha value is -1.81. The fraction of sp³-hybridized carbons (Fsp3) is 0.154. The van der Waals surface area contributed by atoms with Gasteiger partial charge in [-0.15, -0.1) is 11.3 Å². The highest BCUT2D eigenvalue weighted by Gasteiger charge is 2.10. The van der Waals surface area contributed by atoms with Gasteiger partial charge in [0.25, 0.3) is 0 Å². The van der Waals surface area contributed by atoms with Crippen LogP contribution in [0.15, 0.2) is 29.6 Å². The number of aryl methyl sites for hydroxylation is 1. The van der Waals surface area contributed by atoms with Gasteiger partial charge in [0, 0.05) is 4.88 Å². The Morgan fingerprint density at radius 1 is 1.35 bits per heavy atom. The van der Waals surface area contributed by atoms with Gasteiger partial charge in [0.1, 0.15) is 5.75 Å². The van der Waals surface area contributed by atoms with E-state index in [1.165, 1.54) is 13.2 Å². The number of methoxy groups -OCH3 is 1. The van der Waals surface area contributed by atoms with Gasteiger partial charge in [-0.3, -0.25) is 0 Å². The maximum absolute atomic E-state index is 11.0. The van der Waals surface area contributed by atoms with Crippen LogP contribution in [0.1, 0.15) is 15.2 Å². The molecule has 0 radical (unpaired) electrons. The first-order valence-corrected chi connectivity index (χ1v) is 5.96. The third-order valence-electron chi connectivity index (χ3n) is 2.56. The average Bonchev–Trinajstić information content (AvgIpc) is 2.74. The maximum atomic E-state index is 11.0. The van der Waals surface area contributed by atoms with Crippen LogP contribution < -0.4 is 4.74 Å². The van der Waals surface area contributed by atoms with Crippen molar-refractivity contribution in [2.45, 2.75) is 6.92 Å². The molecule has 0 aliphatic rings. The molecule has 4 heteroatoms. The lowest BCUT2D eigenvalue weighted by atomic mass is 10.0. The largest absolute Gasteiger partial charge is 0.497 e. The van der Waals surface area contributed by atoms with Crippen LogP contribution in [0, 0.1) is 6.92 Å². The molecule has 0 spiro atoms. The van der Waals surface area contributed by atoms with E-state index in [9.17, 15) is 4.79 Å². The van der Waals surface area contributed by atoms with Gasteiger partial charge in [0.15, 0.2) is 0 Å². The third kappa shape index (κ3) is 2.31. The van der Waals surface area contributed by atoms with Crippen LogP contribution in [0.3, 0.4) is 0 Å². The van der Waals surface area contributed by atoms with Crippen LogP contribution in [0.4, 0.5) is 0 Å². The van der Waals surface area contributed by atoms with Crippen molar-refractivity contribution in [2.75, 3.05) is 7.11 Å². The fourth-order valence-electron chi connectivity index (χ4n) is 1.68. The Morgan fingerprint density at radius 3 is 2.65 bits per heavy atom. The number of aromatic carboxylic acids is 1. The molecule has 88 valence electrons. The van der Waals surface area contributed by atoms with Crippen molar-refractivity contribution in [3.05, 3.63) is 40.1 Å². The number of rotatable bonds is 3. The minimum atomic E-state index is -0.946. The number of ether oxygens (including phenoxy) is 1. The van der Waals surface area contributed by atoms with Gasteiger partial charge in [0.2, 0.25) is 0 Å². The number of carbonyl (C=O) groups is 1. The van der Waals surface area contributed by atoms with E-state index in [-0.39, 0.29) is 5.56 Å². The second-order valence-corrected chi connectivity index (χ2v) is 4.77. The molecule has 1 N–H and O–H groups in total. The lowest BCUT2D eigenvalue weighted by molar-refractivity contribution is 0.0696. The predicted octanol–water partition coefficient (Wildman–Crippen LogP) is 3.43. The Labute approximate surface area is 103 Å². The first-order valence-electron chi connectivity index (χ1n) is 5.08. The summed E-state index contributed by atoms with van der Waals surface area (Å²) in [7, 11) is 1.53. The number of hydrogen-bond donors (Lipinski definition) is 1. The molecule has 0 atom stereocenters. The standard InChI is InChI=1S/C13H12O3S/c1-8-12(3-4-17-8)9-5-10(13(14)15)7-11(6-9)16-2/h3-7H,1-2H3,(H,14,15). The van der Waals surface area contributed by atoms with Crippen LogP contribution in [-0.2, 0) is 0 Å². The molecule has 2 aromatic rings. The summed E-state index contributed by atoms with van der Waals surface area (Å²) in [4.78, 5) is 12.2. The Kier molecular flexibility index (Phi) is 3.15. The molecule has 0 aliphatic heterocycles. The summed E-state index contributed by atoms with van der Waals surface area (Å²) in [6.45, 7) is 2.01. The van der Waals surface area contributed by atoms with Crippen molar-refractivity contribution in [2.24, 2.45) is 0 Å². The van der Waals surface area contributed by atoms with E-state index in [0.29, 0.717) is 5.75 Å². The second-order valence-electron chi connectivity index (χ2n) is 3.65. The van der Waals surface area contributed by atoms with Crippen LogP contribution in [0.5, 0.6) is 5.75 Å².